The highest BCUT2D eigenvalue weighted by atomic mass is 16.3. The maximum Gasteiger partial charge on any atom is 0.0799 e. The maximum absolute atomic E-state index is 9.51. The Balaban J connectivity index is 2.27. The quantitative estimate of drug-likeness (QED) is 0.707. The first-order valence-electron chi connectivity index (χ1n) is 5.45. The molecule has 0 radical (unpaired) electrons. The van der Waals surface area contributed by atoms with Gasteiger partial charge >= 0.3 is 0 Å². The average Bonchev–Trinajstić information content (AvgIpc) is 2.04. The summed E-state index contributed by atoms with van der Waals surface area (Å²) in [5, 5.41) is 18.7. The lowest BCUT2D eigenvalue weighted by Crippen LogP contribution is -2.27. The molecule has 0 amide bonds. The van der Waals surface area contributed by atoms with Crippen LogP contribution in [-0.4, -0.2) is 22.4 Å². The molecule has 4 atom stereocenters. The van der Waals surface area contributed by atoms with Gasteiger partial charge in [-0.05, 0) is 31.6 Å². The molecule has 0 aliphatic heterocycles. The Hall–Kier alpha value is -0.0800. The van der Waals surface area contributed by atoms with Gasteiger partial charge in [0.2, 0.25) is 0 Å². The van der Waals surface area contributed by atoms with Crippen molar-refractivity contribution in [2.45, 2.75) is 58.2 Å². The normalized spacial score (nSPS) is 34.2. The summed E-state index contributed by atoms with van der Waals surface area (Å²) in [5.41, 5.74) is 0. The van der Waals surface area contributed by atoms with Crippen LogP contribution in [0.25, 0.3) is 0 Å². The summed E-state index contributed by atoms with van der Waals surface area (Å²) in [4.78, 5) is 0. The molecular formula is C11H22O2. The Morgan fingerprint density at radius 3 is 2.54 bits per heavy atom. The number of hydrogen-bond acceptors (Lipinski definition) is 2. The Kier molecular flexibility index (Phi) is 4.20. The van der Waals surface area contributed by atoms with Crippen LogP contribution in [0.1, 0.15) is 46.0 Å². The third kappa shape index (κ3) is 3.65. The standard InChI is InChI=1S/C11H22O2/c1-8-4-3-5-10(6-8)7-11(13)9(2)12/h8-13H,3-7H2,1-2H3. The van der Waals surface area contributed by atoms with Crippen molar-refractivity contribution in [3.05, 3.63) is 0 Å². The fraction of sp³-hybridized carbons (Fsp3) is 1.00. The minimum absolute atomic E-state index is 0.518. The Morgan fingerprint density at radius 1 is 1.31 bits per heavy atom. The highest BCUT2D eigenvalue weighted by Crippen LogP contribution is 2.31. The van der Waals surface area contributed by atoms with Gasteiger partial charge in [0.25, 0.3) is 0 Å². The molecule has 78 valence electrons. The summed E-state index contributed by atoms with van der Waals surface area (Å²) in [6.07, 6.45) is 4.77. The molecule has 1 rings (SSSR count). The molecule has 0 aromatic rings. The highest BCUT2D eigenvalue weighted by molar-refractivity contribution is 4.75. The summed E-state index contributed by atoms with van der Waals surface area (Å²) in [6.45, 7) is 3.94. The molecule has 0 bridgehead atoms. The summed E-state index contributed by atoms with van der Waals surface area (Å²) in [6, 6.07) is 0. The van der Waals surface area contributed by atoms with E-state index in [0.717, 1.165) is 12.3 Å². The van der Waals surface area contributed by atoms with E-state index in [2.05, 4.69) is 6.92 Å². The van der Waals surface area contributed by atoms with Crippen LogP contribution in [0, 0.1) is 11.8 Å². The second-order valence-corrected chi connectivity index (χ2v) is 4.68. The van der Waals surface area contributed by atoms with Gasteiger partial charge in [0.1, 0.15) is 0 Å². The van der Waals surface area contributed by atoms with E-state index >= 15 is 0 Å². The lowest BCUT2D eigenvalue weighted by Gasteiger charge is -2.28. The molecule has 1 aliphatic rings. The van der Waals surface area contributed by atoms with Gasteiger partial charge in [0.15, 0.2) is 0 Å². The predicted molar refractivity (Wildman–Crippen MR) is 53.4 cm³/mol. The van der Waals surface area contributed by atoms with Gasteiger partial charge in [0, 0.05) is 0 Å². The first-order valence-corrected chi connectivity index (χ1v) is 5.45. The van der Waals surface area contributed by atoms with Crippen molar-refractivity contribution in [2.24, 2.45) is 11.8 Å². The van der Waals surface area contributed by atoms with Gasteiger partial charge in [-0.3, -0.25) is 0 Å². The smallest absolute Gasteiger partial charge is 0.0799 e. The van der Waals surface area contributed by atoms with Crippen molar-refractivity contribution in [1.82, 2.24) is 0 Å². The van der Waals surface area contributed by atoms with Crippen LogP contribution in [0.2, 0.25) is 0 Å². The monoisotopic (exact) mass is 186 g/mol. The van der Waals surface area contributed by atoms with E-state index in [1.165, 1.54) is 25.7 Å². The summed E-state index contributed by atoms with van der Waals surface area (Å²) < 4.78 is 0. The number of rotatable bonds is 3. The number of aliphatic hydroxyl groups is 2. The Morgan fingerprint density at radius 2 is 2.00 bits per heavy atom. The zero-order valence-electron chi connectivity index (χ0n) is 8.74. The molecule has 0 spiro atoms. The fourth-order valence-electron chi connectivity index (χ4n) is 2.31. The van der Waals surface area contributed by atoms with E-state index in [1.54, 1.807) is 6.92 Å². The first kappa shape index (κ1) is 11.0. The fourth-order valence-corrected chi connectivity index (χ4v) is 2.31. The molecule has 2 N–H and O–H groups in total. The lowest BCUT2D eigenvalue weighted by atomic mass is 9.79. The van der Waals surface area contributed by atoms with Crippen LogP contribution in [0.4, 0.5) is 0 Å². The molecule has 0 aromatic carbocycles. The molecule has 4 unspecified atom stereocenters. The van der Waals surface area contributed by atoms with Crippen molar-refractivity contribution in [2.75, 3.05) is 0 Å². The molecule has 2 nitrogen and oxygen atoms in total. The van der Waals surface area contributed by atoms with Crippen molar-refractivity contribution in [1.29, 1.82) is 0 Å². The van der Waals surface area contributed by atoms with Gasteiger partial charge < -0.3 is 10.2 Å². The third-order valence-corrected chi connectivity index (χ3v) is 3.18. The van der Waals surface area contributed by atoms with E-state index in [0.29, 0.717) is 5.92 Å². The topological polar surface area (TPSA) is 40.5 Å². The number of aliphatic hydroxyl groups excluding tert-OH is 2. The highest BCUT2D eigenvalue weighted by Gasteiger charge is 2.23. The summed E-state index contributed by atoms with van der Waals surface area (Å²) in [5.74, 6) is 1.44. The van der Waals surface area contributed by atoms with Gasteiger partial charge in [-0.25, -0.2) is 0 Å². The van der Waals surface area contributed by atoms with Gasteiger partial charge in [-0.15, -0.1) is 0 Å². The van der Waals surface area contributed by atoms with Gasteiger partial charge in [0.05, 0.1) is 12.2 Å². The molecule has 0 saturated heterocycles. The van der Waals surface area contributed by atoms with Crippen LogP contribution >= 0.6 is 0 Å². The van der Waals surface area contributed by atoms with Crippen molar-refractivity contribution < 1.29 is 10.2 Å². The van der Waals surface area contributed by atoms with E-state index in [1.807, 2.05) is 0 Å². The SMILES string of the molecule is CC1CCCC(CC(O)C(C)O)C1. The van der Waals surface area contributed by atoms with Gasteiger partial charge in [-0.1, -0.05) is 26.2 Å². The maximum atomic E-state index is 9.51. The van der Waals surface area contributed by atoms with Crippen molar-refractivity contribution in [3.8, 4) is 0 Å². The molecule has 0 heterocycles. The second-order valence-electron chi connectivity index (χ2n) is 4.68. The Bertz CT molecular complexity index is 145. The molecule has 0 aromatic heterocycles. The van der Waals surface area contributed by atoms with Crippen LogP contribution in [0.5, 0.6) is 0 Å². The molecular weight excluding hydrogens is 164 g/mol. The first-order chi connectivity index (χ1) is 6.09. The largest absolute Gasteiger partial charge is 0.391 e. The predicted octanol–water partition coefficient (Wildman–Crippen LogP) is 1.94. The minimum Gasteiger partial charge on any atom is -0.391 e. The van der Waals surface area contributed by atoms with Crippen LogP contribution < -0.4 is 0 Å². The molecule has 2 heteroatoms. The summed E-state index contributed by atoms with van der Waals surface area (Å²) in [7, 11) is 0. The van der Waals surface area contributed by atoms with Crippen LogP contribution in [0.15, 0.2) is 0 Å². The molecule has 1 fully saturated rings. The van der Waals surface area contributed by atoms with Crippen molar-refractivity contribution in [3.63, 3.8) is 0 Å². The molecule has 1 aliphatic carbocycles. The third-order valence-electron chi connectivity index (χ3n) is 3.18. The zero-order valence-corrected chi connectivity index (χ0v) is 8.74. The van der Waals surface area contributed by atoms with E-state index in [4.69, 9.17) is 5.11 Å². The minimum atomic E-state index is -0.572. The number of hydrogen-bond donors (Lipinski definition) is 2. The second kappa shape index (κ2) is 4.97. The van der Waals surface area contributed by atoms with Gasteiger partial charge in [-0.2, -0.15) is 0 Å². The average molecular weight is 186 g/mol. The van der Waals surface area contributed by atoms with E-state index in [-0.39, 0.29) is 0 Å². The van der Waals surface area contributed by atoms with E-state index in [9.17, 15) is 5.11 Å². The molecule has 1 saturated carbocycles. The zero-order chi connectivity index (χ0) is 9.84. The molecule has 13 heavy (non-hydrogen) atoms. The summed E-state index contributed by atoms with van der Waals surface area (Å²) >= 11 is 0. The van der Waals surface area contributed by atoms with E-state index < -0.39 is 12.2 Å². The Labute approximate surface area is 81.0 Å². The van der Waals surface area contributed by atoms with Crippen LogP contribution in [0.3, 0.4) is 0 Å². The lowest BCUT2D eigenvalue weighted by molar-refractivity contribution is 0.0101. The van der Waals surface area contributed by atoms with Crippen LogP contribution in [-0.2, 0) is 0 Å². The van der Waals surface area contributed by atoms with Crippen molar-refractivity contribution >= 4 is 0 Å².